The van der Waals surface area contributed by atoms with Crippen LogP contribution in [0.3, 0.4) is 0 Å². The third kappa shape index (κ3) is 3.93. The number of hydrogen-bond donors (Lipinski definition) is 0. The Kier molecular flexibility index (Phi) is 5.03. The van der Waals surface area contributed by atoms with Gasteiger partial charge in [-0.15, -0.1) is 10.2 Å². The fraction of sp³-hybridized carbons (Fsp3) is 0.0556. The zero-order valence-electron chi connectivity index (χ0n) is 13.5. The smallest absolute Gasteiger partial charge is 0.283 e. The van der Waals surface area contributed by atoms with E-state index in [9.17, 15) is 0 Å². The molecule has 0 unspecified atom stereocenters. The lowest BCUT2D eigenvalue weighted by molar-refractivity contribution is 0.271. The van der Waals surface area contributed by atoms with Crippen LogP contribution in [0, 0.1) is 0 Å². The molecule has 4 aromatic rings. The highest BCUT2D eigenvalue weighted by Crippen LogP contribution is 2.36. The van der Waals surface area contributed by atoms with Crippen molar-refractivity contribution in [3.8, 4) is 28.9 Å². The molecule has 3 heterocycles. The SMILES string of the molecule is Clc1cc(Cl)c(OCc2ccc(-c3nnc(-c4ccncc4)o3)o2)c(Cl)c1. The highest BCUT2D eigenvalue weighted by Gasteiger charge is 2.15. The van der Waals surface area contributed by atoms with Crippen LogP contribution < -0.4 is 4.74 Å². The third-order valence-corrected chi connectivity index (χ3v) is 4.33. The maximum atomic E-state index is 6.10. The Hall–Kier alpha value is -2.54. The quantitative estimate of drug-likeness (QED) is 0.397. The van der Waals surface area contributed by atoms with Crippen molar-refractivity contribution in [1.82, 2.24) is 15.2 Å². The van der Waals surface area contributed by atoms with Crippen molar-refractivity contribution in [2.45, 2.75) is 6.61 Å². The molecule has 1 aromatic carbocycles. The van der Waals surface area contributed by atoms with Gasteiger partial charge in [0.2, 0.25) is 5.89 Å². The Morgan fingerprint density at radius 1 is 0.852 bits per heavy atom. The molecule has 0 atom stereocenters. The topological polar surface area (TPSA) is 74.2 Å². The number of rotatable bonds is 5. The number of hydrogen-bond acceptors (Lipinski definition) is 6. The monoisotopic (exact) mass is 421 g/mol. The first-order valence-corrected chi connectivity index (χ1v) is 8.84. The van der Waals surface area contributed by atoms with Crippen molar-refractivity contribution in [3.05, 3.63) is 69.6 Å². The number of furan rings is 1. The van der Waals surface area contributed by atoms with E-state index in [1.165, 1.54) is 0 Å². The van der Waals surface area contributed by atoms with Gasteiger partial charge in [0, 0.05) is 23.0 Å². The van der Waals surface area contributed by atoms with Gasteiger partial charge in [-0.1, -0.05) is 34.8 Å². The van der Waals surface area contributed by atoms with Gasteiger partial charge in [-0.2, -0.15) is 0 Å². The van der Waals surface area contributed by atoms with Crippen LogP contribution in [0.2, 0.25) is 15.1 Å². The van der Waals surface area contributed by atoms with Crippen LogP contribution >= 0.6 is 34.8 Å². The molecule has 0 aliphatic carbocycles. The van der Waals surface area contributed by atoms with E-state index in [-0.39, 0.29) is 12.5 Å². The molecular formula is C18H10Cl3N3O3. The van der Waals surface area contributed by atoms with Crippen molar-refractivity contribution >= 4 is 34.8 Å². The number of benzene rings is 1. The first-order valence-electron chi connectivity index (χ1n) is 7.70. The van der Waals surface area contributed by atoms with Gasteiger partial charge in [-0.05, 0) is 36.4 Å². The van der Waals surface area contributed by atoms with Crippen LogP contribution in [0.4, 0.5) is 0 Å². The van der Waals surface area contributed by atoms with Gasteiger partial charge >= 0.3 is 0 Å². The lowest BCUT2D eigenvalue weighted by atomic mass is 10.3. The lowest BCUT2D eigenvalue weighted by Gasteiger charge is -2.08. The second-order valence-corrected chi connectivity index (χ2v) is 6.65. The summed E-state index contributed by atoms with van der Waals surface area (Å²) >= 11 is 18.1. The average molecular weight is 423 g/mol. The number of nitrogens with zero attached hydrogens (tertiary/aromatic N) is 3. The van der Waals surface area contributed by atoms with E-state index >= 15 is 0 Å². The Morgan fingerprint density at radius 3 is 2.30 bits per heavy atom. The van der Waals surface area contributed by atoms with Crippen LogP contribution in [0.15, 0.2) is 57.6 Å². The molecule has 0 spiro atoms. The summed E-state index contributed by atoms with van der Waals surface area (Å²) in [6.45, 7) is 0.117. The Morgan fingerprint density at radius 2 is 1.56 bits per heavy atom. The fourth-order valence-corrected chi connectivity index (χ4v) is 3.24. The molecule has 4 rings (SSSR count). The molecule has 0 radical (unpaired) electrons. The average Bonchev–Trinajstić information content (AvgIpc) is 3.31. The van der Waals surface area contributed by atoms with Crippen molar-refractivity contribution in [2.75, 3.05) is 0 Å². The molecule has 0 N–H and O–H groups in total. The van der Waals surface area contributed by atoms with Crippen LogP contribution in [0.5, 0.6) is 5.75 Å². The standard InChI is InChI=1S/C18H10Cl3N3O3/c19-11-7-13(20)16(14(21)8-11)25-9-12-1-2-15(26-12)18-24-23-17(27-18)10-3-5-22-6-4-10/h1-8H,9H2. The van der Waals surface area contributed by atoms with Crippen LogP contribution in [-0.4, -0.2) is 15.2 Å². The second-order valence-electron chi connectivity index (χ2n) is 5.40. The Labute approximate surface area is 168 Å². The fourth-order valence-electron chi connectivity index (χ4n) is 2.31. The number of pyridine rings is 1. The first-order chi connectivity index (χ1) is 13.1. The van der Waals surface area contributed by atoms with Gasteiger partial charge < -0.3 is 13.6 Å². The molecule has 3 aromatic heterocycles. The van der Waals surface area contributed by atoms with E-state index < -0.39 is 0 Å². The van der Waals surface area contributed by atoms with E-state index in [1.54, 1.807) is 48.8 Å². The minimum absolute atomic E-state index is 0.117. The summed E-state index contributed by atoms with van der Waals surface area (Å²) in [6.07, 6.45) is 3.29. The molecule has 0 aliphatic heterocycles. The Bertz CT molecular complexity index is 1060. The molecule has 0 bridgehead atoms. The molecule has 0 fully saturated rings. The molecule has 0 saturated heterocycles. The summed E-state index contributed by atoms with van der Waals surface area (Å²) in [5.41, 5.74) is 0.769. The normalized spacial score (nSPS) is 10.9. The zero-order valence-corrected chi connectivity index (χ0v) is 15.8. The summed E-state index contributed by atoms with van der Waals surface area (Å²) in [5.74, 6) is 1.93. The Balaban J connectivity index is 1.49. The highest BCUT2D eigenvalue weighted by atomic mass is 35.5. The molecule has 136 valence electrons. The largest absolute Gasteiger partial charge is 0.483 e. The van der Waals surface area contributed by atoms with E-state index in [2.05, 4.69) is 15.2 Å². The lowest BCUT2D eigenvalue weighted by Crippen LogP contribution is -1.95. The number of aromatic nitrogens is 3. The van der Waals surface area contributed by atoms with Crippen LogP contribution in [0.25, 0.3) is 23.1 Å². The summed E-state index contributed by atoms with van der Waals surface area (Å²) in [7, 11) is 0. The first kappa shape index (κ1) is 17.9. The molecule has 9 heteroatoms. The van der Waals surface area contributed by atoms with Gasteiger partial charge in [-0.25, -0.2) is 0 Å². The van der Waals surface area contributed by atoms with Gasteiger partial charge in [0.1, 0.15) is 12.4 Å². The molecular weight excluding hydrogens is 413 g/mol. The second kappa shape index (κ2) is 7.60. The summed E-state index contributed by atoms with van der Waals surface area (Å²) in [6, 6.07) is 10.1. The van der Waals surface area contributed by atoms with E-state index in [0.717, 1.165) is 5.56 Å². The number of ether oxygens (including phenoxy) is 1. The van der Waals surface area contributed by atoms with Gasteiger partial charge in [0.15, 0.2) is 11.5 Å². The predicted octanol–water partition coefficient (Wildman–Crippen LogP) is 5.93. The van der Waals surface area contributed by atoms with Crippen molar-refractivity contribution in [3.63, 3.8) is 0 Å². The maximum Gasteiger partial charge on any atom is 0.283 e. The van der Waals surface area contributed by atoms with Crippen molar-refractivity contribution in [2.24, 2.45) is 0 Å². The molecule has 0 aliphatic rings. The van der Waals surface area contributed by atoms with Crippen molar-refractivity contribution in [1.29, 1.82) is 0 Å². The maximum absolute atomic E-state index is 6.10. The predicted molar refractivity (Wildman–Crippen MR) is 101 cm³/mol. The van der Waals surface area contributed by atoms with Gasteiger partial charge in [0.25, 0.3) is 5.89 Å². The van der Waals surface area contributed by atoms with Crippen LogP contribution in [-0.2, 0) is 6.61 Å². The minimum atomic E-state index is 0.117. The van der Waals surface area contributed by atoms with Gasteiger partial charge in [0.05, 0.1) is 10.0 Å². The van der Waals surface area contributed by atoms with E-state index in [4.69, 9.17) is 48.4 Å². The third-order valence-electron chi connectivity index (χ3n) is 3.55. The zero-order chi connectivity index (χ0) is 18.8. The summed E-state index contributed by atoms with van der Waals surface area (Å²) < 4.78 is 17.0. The molecule has 0 amide bonds. The summed E-state index contributed by atoms with van der Waals surface area (Å²) in [4.78, 5) is 3.95. The van der Waals surface area contributed by atoms with Crippen LogP contribution in [0.1, 0.15) is 5.76 Å². The van der Waals surface area contributed by atoms with E-state index in [0.29, 0.717) is 38.2 Å². The van der Waals surface area contributed by atoms with Crippen molar-refractivity contribution < 1.29 is 13.6 Å². The molecule has 0 saturated carbocycles. The number of halogens is 3. The highest BCUT2D eigenvalue weighted by molar-refractivity contribution is 6.40. The minimum Gasteiger partial charge on any atom is -0.483 e. The summed E-state index contributed by atoms with van der Waals surface area (Å²) in [5, 5.41) is 9.08. The van der Waals surface area contributed by atoms with Gasteiger partial charge in [-0.3, -0.25) is 4.98 Å². The molecule has 6 nitrogen and oxygen atoms in total. The van der Waals surface area contributed by atoms with E-state index in [1.807, 2.05) is 0 Å². The molecule has 27 heavy (non-hydrogen) atoms.